The molecule has 1 aliphatic rings. The number of hydrogen-bond acceptors (Lipinski definition) is 5. The number of aryl methyl sites for hydroxylation is 3. The largest absolute Gasteiger partial charge is 0.361 e. The van der Waals surface area contributed by atoms with Crippen molar-refractivity contribution in [2.45, 2.75) is 33.6 Å². The fourth-order valence-electron chi connectivity index (χ4n) is 3.52. The second-order valence-electron chi connectivity index (χ2n) is 7.20. The van der Waals surface area contributed by atoms with E-state index >= 15 is 0 Å². The van der Waals surface area contributed by atoms with Crippen LogP contribution in [0.3, 0.4) is 0 Å². The maximum Gasteiger partial charge on any atom is 0.238 e. The molecular weight excluding hydrogens is 356 g/mol. The molecule has 150 valence electrons. The van der Waals surface area contributed by atoms with Crippen LogP contribution in [0, 0.1) is 13.8 Å². The predicted octanol–water partition coefficient (Wildman–Crippen LogP) is 2.18. The summed E-state index contributed by atoms with van der Waals surface area (Å²) >= 11 is 0. The van der Waals surface area contributed by atoms with Crippen molar-refractivity contribution >= 4 is 17.5 Å². The number of nitrogens with one attached hydrogen (secondary N) is 1. The Morgan fingerprint density at radius 2 is 1.86 bits per heavy atom. The van der Waals surface area contributed by atoms with E-state index in [-0.39, 0.29) is 11.8 Å². The molecule has 2 heterocycles. The number of aromatic nitrogens is 1. The molecule has 0 aliphatic carbocycles. The predicted molar refractivity (Wildman–Crippen MR) is 107 cm³/mol. The summed E-state index contributed by atoms with van der Waals surface area (Å²) in [7, 11) is 0. The van der Waals surface area contributed by atoms with Crippen molar-refractivity contribution in [1.82, 2.24) is 15.0 Å². The first-order chi connectivity index (χ1) is 13.5. The molecule has 1 aromatic heterocycles. The van der Waals surface area contributed by atoms with Crippen LogP contribution in [0.4, 0.5) is 5.69 Å². The fraction of sp³-hybridized carbons (Fsp3) is 0.476. The van der Waals surface area contributed by atoms with Gasteiger partial charge in [-0.15, -0.1) is 0 Å². The lowest BCUT2D eigenvalue weighted by Crippen LogP contribution is -2.50. The number of anilines is 1. The van der Waals surface area contributed by atoms with Crippen molar-refractivity contribution in [2.24, 2.45) is 0 Å². The summed E-state index contributed by atoms with van der Waals surface area (Å²) in [6.45, 7) is 8.73. The third kappa shape index (κ3) is 4.78. The molecule has 1 N–H and O–H groups in total. The van der Waals surface area contributed by atoms with Crippen LogP contribution < -0.4 is 5.32 Å². The zero-order valence-corrected chi connectivity index (χ0v) is 16.8. The first kappa shape index (κ1) is 20.1. The summed E-state index contributed by atoms with van der Waals surface area (Å²) in [6.07, 6.45) is 1.19. The summed E-state index contributed by atoms with van der Waals surface area (Å²) in [4.78, 5) is 28.9. The third-order valence-corrected chi connectivity index (χ3v) is 5.27. The molecule has 0 unspecified atom stereocenters. The zero-order chi connectivity index (χ0) is 20.1. The molecule has 28 heavy (non-hydrogen) atoms. The Bertz CT molecular complexity index is 818. The van der Waals surface area contributed by atoms with Crippen molar-refractivity contribution < 1.29 is 14.1 Å². The second-order valence-corrected chi connectivity index (χ2v) is 7.20. The standard InChI is InChI=1S/C21H28N4O3/c1-4-17-7-5-6-8-19(17)22-20(26)14-24-9-11-25(12-10-24)21(27)13-18-15(2)23-28-16(18)3/h5-8H,4,9-14H2,1-3H3,(H,22,26). The molecule has 3 rings (SSSR count). The molecule has 7 heteroatoms. The van der Waals surface area contributed by atoms with Crippen LogP contribution >= 0.6 is 0 Å². The van der Waals surface area contributed by atoms with E-state index in [1.807, 2.05) is 43.0 Å². The quantitative estimate of drug-likeness (QED) is 0.826. The lowest BCUT2D eigenvalue weighted by molar-refractivity contribution is -0.132. The summed E-state index contributed by atoms with van der Waals surface area (Å²) in [5.74, 6) is 0.764. The Kier molecular flexibility index (Phi) is 6.46. The van der Waals surface area contributed by atoms with Crippen LogP contribution in [0.25, 0.3) is 0 Å². The average molecular weight is 384 g/mol. The summed E-state index contributed by atoms with van der Waals surface area (Å²) < 4.78 is 5.14. The van der Waals surface area contributed by atoms with Gasteiger partial charge < -0.3 is 14.7 Å². The van der Waals surface area contributed by atoms with E-state index in [4.69, 9.17) is 4.52 Å². The minimum atomic E-state index is -0.0172. The number of benzene rings is 1. The molecule has 1 aromatic carbocycles. The van der Waals surface area contributed by atoms with Crippen LogP contribution in [-0.2, 0) is 22.4 Å². The molecule has 7 nitrogen and oxygen atoms in total. The SMILES string of the molecule is CCc1ccccc1NC(=O)CN1CCN(C(=O)Cc2c(C)noc2C)CC1. The summed E-state index contributed by atoms with van der Waals surface area (Å²) in [6, 6.07) is 7.87. The molecule has 0 bridgehead atoms. The summed E-state index contributed by atoms with van der Waals surface area (Å²) in [5.41, 5.74) is 3.66. The minimum Gasteiger partial charge on any atom is -0.361 e. The van der Waals surface area contributed by atoms with Crippen molar-refractivity contribution in [3.05, 3.63) is 46.8 Å². The van der Waals surface area contributed by atoms with Gasteiger partial charge in [-0.25, -0.2) is 0 Å². The first-order valence-electron chi connectivity index (χ1n) is 9.77. The Balaban J connectivity index is 1.47. The van der Waals surface area contributed by atoms with Crippen molar-refractivity contribution in [3.63, 3.8) is 0 Å². The average Bonchev–Trinajstić information content (AvgIpc) is 3.01. The van der Waals surface area contributed by atoms with E-state index in [2.05, 4.69) is 22.3 Å². The highest BCUT2D eigenvalue weighted by Gasteiger charge is 2.24. The van der Waals surface area contributed by atoms with E-state index < -0.39 is 0 Å². The van der Waals surface area contributed by atoms with Gasteiger partial charge in [-0.1, -0.05) is 30.3 Å². The van der Waals surface area contributed by atoms with Gasteiger partial charge in [0.05, 0.1) is 18.7 Å². The minimum absolute atomic E-state index is 0.0172. The second kappa shape index (κ2) is 9.01. The number of piperazine rings is 1. The molecule has 2 amide bonds. The zero-order valence-electron chi connectivity index (χ0n) is 16.8. The van der Waals surface area contributed by atoms with Gasteiger partial charge in [-0.05, 0) is 31.9 Å². The molecule has 0 radical (unpaired) electrons. The van der Waals surface area contributed by atoms with Crippen molar-refractivity contribution in [1.29, 1.82) is 0 Å². The maximum atomic E-state index is 12.6. The molecule has 1 aliphatic heterocycles. The van der Waals surface area contributed by atoms with Gasteiger partial charge in [0, 0.05) is 37.4 Å². The number of nitrogens with zero attached hydrogens (tertiary/aromatic N) is 3. The van der Waals surface area contributed by atoms with Crippen LogP contribution in [0.2, 0.25) is 0 Å². The van der Waals surface area contributed by atoms with Crippen LogP contribution in [-0.4, -0.2) is 59.5 Å². The number of carbonyl (C=O) groups excluding carboxylic acids is 2. The van der Waals surface area contributed by atoms with E-state index in [0.29, 0.717) is 44.9 Å². The number of para-hydroxylation sites is 1. The molecular formula is C21H28N4O3. The topological polar surface area (TPSA) is 78.7 Å². The van der Waals surface area contributed by atoms with Gasteiger partial charge in [0.25, 0.3) is 0 Å². The monoisotopic (exact) mass is 384 g/mol. The van der Waals surface area contributed by atoms with Gasteiger partial charge in [0.15, 0.2) is 0 Å². The van der Waals surface area contributed by atoms with Crippen LogP contribution in [0.15, 0.2) is 28.8 Å². The van der Waals surface area contributed by atoms with E-state index in [1.165, 1.54) is 0 Å². The van der Waals surface area contributed by atoms with Gasteiger partial charge in [0.1, 0.15) is 5.76 Å². The molecule has 1 saturated heterocycles. The van der Waals surface area contributed by atoms with Gasteiger partial charge in [-0.2, -0.15) is 0 Å². The molecule has 1 fully saturated rings. The number of carbonyl (C=O) groups is 2. The Hall–Kier alpha value is -2.67. The lowest BCUT2D eigenvalue weighted by atomic mass is 10.1. The fourth-order valence-corrected chi connectivity index (χ4v) is 3.52. The highest BCUT2D eigenvalue weighted by Crippen LogP contribution is 2.16. The van der Waals surface area contributed by atoms with E-state index in [9.17, 15) is 9.59 Å². The van der Waals surface area contributed by atoms with Crippen LogP contribution in [0.1, 0.15) is 29.5 Å². The Morgan fingerprint density at radius 3 is 2.50 bits per heavy atom. The molecule has 2 aromatic rings. The number of hydrogen-bond donors (Lipinski definition) is 1. The number of amides is 2. The maximum absolute atomic E-state index is 12.6. The number of rotatable bonds is 6. The van der Waals surface area contributed by atoms with Crippen LogP contribution in [0.5, 0.6) is 0 Å². The molecule has 0 atom stereocenters. The van der Waals surface area contributed by atoms with Gasteiger partial charge in [0.2, 0.25) is 11.8 Å². The highest BCUT2D eigenvalue weighted by atomic mass is 16.5. The van der Waals surface area contributed by atoms with E-state index in [0.717, 1.165) is 28.9 Å². The normalized spacial score (nSPS) is 14.9. The van der Waals surface area contributed by atoms with Crippen molar-refractivity contribution in [3.8, 4) is 0 Å². The molecule has 0 saturated carbocycles. The van der Waals surface area contributed by atoms with E-state index in [1.54, 1.807) is 0 Å². The smallest absolute Gasteiger partial charge is 0.238 e. The van der Waals surface area contributed by atoms with Crippen molar-refractivity contribution in [2.75, 3.05) is 38.0 Å². The highest BCUT2D eigenvalue weighted by molar-refractivity contribution is 5.93. The lowest BCUT2D eigenvalue weighted by Gasteiger charge is -2.34. The van der Waals surface area contributed by atoms with Gasteiger partial charge >= 0.3 is 0 Å². The van der Waals surface area contributed by atoms with Gasteiger partial charge in [-0.3, -0.25) is 14.5 Å². The first-order valence-corrected chi connectivity index (χ1v) is 9.77. The third-order valence-electron chi connectivity index (χ3n) is 5.27. The summed E-state index contributed by atoms with van der Waals surface area (Å²) in [5, 5.41) is 6.91. The Morgan fingerprint density at radius 1 is 1.14 bits per heavy atom. The Labute approximate surface area is 165 Å². The molecule has 0 spiro atoms.